The molecule has 1 atom stereocenters. The molecule has 1 aliphatic heterocycles. The van der Waals surface area contributed by atoms with E-state index in [0.717, 1.165) is 0 Å². The van der Waals surface area contributed by atoms with Gasteiger partial charge < -0.3 is 9.64 Å². The van der Waals surface area contributed by atoms with Crippen LogP contribution in [0.1, 0.15) is 29.3 Å². The largest absolute Gasteiger partial charge is 0.494 e. The second-order valence-corrected chi connectivity index (χ2v) is 8.81. The maximum atomic E-state index is 13.6. The predicted octanol–water partition coefficient (Wildman–Crippen LogP) is 3.05. The van der Waals surface area contributed by atoms with E-state index in [1.807, 2.05) is 6.92 Å². The molecule has 1 fully saturated rings. The van der Waals surface area contributed by atoms with Crippen LogP contribution in [0, 0.1) is 5.82 Å². The molecular formula is C20H22FNO4S. The average molecular weight is 391 g/mol. The van der Waals surface area contributed by atoms with Crippen molar-refractivity contribution in [2.75, 3.05) is 18.1 Å². The van der Waals surface area contributed by atoms with Gasteiger partial charge in [0.15, 0.2) is 9.84 Å². The van der Waals surface area contributed by atoms with Crippen molar-refractivity contribution in [1.29, 1.82) is 0 Å². The van der Waals surface area contributed by atoms with E-state index < -0.39 is 21.7 Å². The Balaban J connectivity index is 1.91. The highest BCUT2D eigenvalue weighted by Crippen LogP contribution is 2.24. The van der Waals surface area contributed by atoms with Crippen LogP contribution >= 0.6 is 0 Å². The van der Waals surface area contributed by atoms with Crippen LogP contribution in [0.5, 0.6) is 5.75 Å². The Morgan fingerprint density at radius 2 is 2.00 bits per heavy atom. The Labute approximate surface area is 158 Å². The molecular weight excluding hydrogens is 369 g/mol. The van der Waals surface area contributed by atoms with Crippen LogP contribution in [0.15, 0.2) is 48.5 Å². The van der Waals surface area contributed by atoms with Crippen LogP contribution in [-0.4, -0.2) is 43.4 Å². The highest BCUT2D eigenvalue weighted by Gasteiger charge is 2.35. The fourth-order valence-corrected chi connectivity index (χ4v) is 5.00. The second kappa shape index (κ2) is 8.08. The van der Waals surface area contributed by atoms with Crippen LogP contribution in [0.3, 0.4) is 0 Å². The quantitative estimate of drug-likeness (QED) is 0.759. The average Bonchev–Trinajstić information content (AvgIpc) is 2.99. The first-order valence-corrected chi connectivity index (χ1v) is 10.7. The summed E-state index contributed by atoms with van der Waals surface area (Å²) in [5.74, 6) is -0.115. The minimum Gasteiger partial charge on any atom is -0.494 e. The van der Waals surface area contributed by atoms with E-state index in [9.17, 15) is 17.6 Å². The van der Waals surface area contributed by atoms with Crippen LogP contribution in [0.4, 0.5) is 4.39 Å². The van der Waals surface area contributed by atoms with E-state index >= 15 is 0 Å². The van der Waals surface area contributed by atoms with Crippen molar-refractivity contribution in [3.05, 3.63) is 65.5 Å². The molecule has 0 spiro atoms. The van der Waals surface area contributed by atoms with Crippen LogP contribution in [0.25, 0.3) is 0 Å². The van der Waals surface area contributed by atoms with Gasteiger partial charge in [0.25, 0.3) is 5.91 Å². The molecule has 0 N–H and O–H groups in total. The fraction of sp³-hybridized carbons (Fsp3) is 0.350. The Kier molecular flexibility index (Phi) is 5.79. The monoisotopic (exact) mass is 391 g/mol. The maximum Gasteiger partial charge on any atom is 0.254 e. The number of carbonyl (C=O) groups excluding carboxylic acids is 1. The number of hydrogen-bond acceptors (Lipinski definition) is 4. The van der Waals surface area contributed by atoms with Gasteiger partial charge >= 0.3 is 0 Å². The van der Waals surface area contributed by atoms with E-state index in [4.69, 9.17) is 4.74 Å². The molecule has 0 aliphatic carbocycles. The molecule has 1 saturated heterocycles. The molecule has 144 valence electrons. The van der Waals surface area contributed by atoms with Crippen molar-refractivity contribution in [2.24, 2.45) is 0 Å². The van der Waals surface area contributed by atoms with Crippen LogP contribution in [0.2, 0.25) is 0 Å². The SMILES string of the molecule is CCOc1cccc(C(=O)N(Cc2cccc(F)c2)[C@@H]2CCS(=O)(=O)C2)c1. The zero-order valence-electron chi connectivity index (χ0n) is 15.1. The van der Waals surface area contributed by atoms with E-state index in [1.165, 1.54) is 17.0 Å². The molecule has 1 aliphatic rings. The van der Waals surface area contributed by atoms with Crippen molar-refractivity contribution >= 4 is 15.7 Å². The van der Waals surface area contributed by atoms with Crippen molar-refractivity contribution in [2.45, 2.75) is 25.9 Å². The first kappa shape index (κ1) is 19.4. The van der Waals surface area contributed by atoms with Gasteiger partial charge in [-0.25, -0.2) is 12.8 Å². The Bertz CT molecular complexity index is 929. The number of nitrogens with zero attached hydrogens (tertiary/aromatic N) is 1. The third-order valence-corrected chi connectivity index (χ3v) is 6.29. The molecule has 1 amide bonds. The normalized spacial score (nSPS) is 18.2. The minimum absolute atomic E-state index is 0.0591. The molecule has 0 saturated carbocycles. The predicted molar refractivity (Wildman–Crippen MR) is 101 cm³/mol. The number of benzene rings is 2. The molecule has 0 bridgehead atoms. The minimum atomic E-state index is -3.17. The number of sulfone groups is 1. The van der Waals surface area contributed by atoms with E-state index in [2.05, 4.69) is 0 Å². The Morgan fingerprint density at radius 1 is 1.22 bits per heavy atom. The summed E-state index contributed by atoms with van der Waals surface area (Å²) in [6.45, 7) is 2.48. The number of carbonyl (C=O) groups is 1. The maximum absolute atomic E-state index is 13.6. The lowest BCUT2D eigenvalue weighted by Gasteiger charge is -2.28. The lowest BCUT2D eigenvalue weighted by atomic mass is 10.1. The van der Waals surface area contributed by atoms with Gasteiger partial charge in [-0.05, 0) is 49.2 Å². The van der Waals surface area contributed by atoms with Crippen molar-refractivity contribution < 1.29 is 22.3 Å². The summed E-state index contributed by atoms with van der Waals surface area (Å²) < 4.78 is 42.9. The van der Waals surface area contributed by atoms with Crippen molar-refractivity contribution in [3.8, 4) is 5.75 Å². The molecule has 1 heterocycles. The molecule has 3 rings (SSSR count). The number of halogens is 1. The number of amides is 1. The highest BCUT2D eigenvalue weighted by atomic mass is 32.2. The van der Waals surface area contributed by atoms with Crippen molar-refractivity contribution in [1.82, 2.24) is 4.90 Å². The topological polar surface area (TPSA) is 63.7 Å². The smallest absolute Gasteiger partial charge is 0.254 e. The van der Waals surface area contributed by atoms with Gasteiger partial charge in [-0.3, -0.25) is 4.79 Å². The van der Waals surface area contributed by atoms with Crippen LogP contribution < -0.4 is 4.74 Å². The molecule has 5 nitrogen and oxygen atoms in total. The molecule has 0 unspecified atom stereocenters. The summed E-state index contributed by atoms with van der Waals surface area (Å²) in [5, 5.41) is 0. The van der Waals surface area contributed by atoms with Gasteiger partial charge in [-0.2, -0.15) is 0 Å². The third-order valence-electron chi connectivity index (χ3n) is 4.54. The molecule has 2 aromatic rings. The standard InChI is InChI=1S/C20H22FNO4S/c1-2-26-19-8-4-6-16(12-19)20(23)22(18-9-10-27(24,25)14-18)13-15-5-3-7-17(21)11-15/h3-8,11-12,18H,2,9-10,13-14H2,1H3/t18-/m1/s1. The number of ether oxygens (including phenoxy) is 1. The van der Waals surface area contributed by atoms with Gasteiger partial charge in [-0.1, -0.05) is 18.2 Å². The third kappa shape index (κ3) is 4.86. The lowest BCUT2D eigenvalue weighted by Crippen LogP contribution is -2.40. The molecule has 0 aromatic heterocycles. The first-order valence-electron chi connectivity index (χ1n) is 8.86. The first-order chi connectivity index (χ1) is 12.9. The van der Waals surface area contributed by atoms with Gasteiger partial charge in [0.1, 0.15) is 11.6 Å². The second-order valence-electron chi connectivity index (χ2n) is 6.58. The summed E-state index contributed by atoms with van der Waals surface area (Å²) in [6.07, 6.45) is 0.383. The van der Waals surface area contributed by atoms with Gasteiger partial charge in [-0.15, -0.1) is 0 Å². The lowest BCUT2D eigenvalue weighted by molar-refractivity contribution is 0.0680. The summed E-state index contributed by atoms with van der Waals surface area (Å²) in [7, 11) is -3.17. The zero-order chi connectivity index (χ0) is 19.4. The van der Waals surface area contributed by atoms with Gasteiger partial charge in [0.2, 0.25) is 0 Å². The van der Waals surface area contributed by atoms with E-state index in [1.54, 1.807) is 36.4 Å². The fourth-order valence-electron chi connectivity index (χ4n) is 3.27. The molecule has 2 aromatic carbocycles. The summed E-state index contributed by atoms with van der Waals surface area (Å²) in [5.41, 5.74) is 1.04. The summed E-state index contributed by atoms with van der Waals surface area (Å²) >= 11 is 0. The van der Waals surface area contributed by atoms with E-state index in [0.29, 0.717) is 29.9 Å². The summed E-state index contributed by atoms with van der Waals surface area (Å²) in [4.78, 5) is 14.7. The van der Waals surface area contributed by atoms with Gasteiger partial charge in [0.05, 0.1) is 18.1 Å². The summed E-state index contributed by atoms with van der Waals surface area (Å²) in [6, 6.07) is 12.4. The van der Waals surface area contributed by atoms with Crippen LogP contribution in [-0.2, 0) is 16.4 Å². The Morgan fingerprint density at radius 3 is 2.67 bits per heavy atom. The molecule has 27 heavy (non-hydrogen) atoms. The van der Waals surface area contributed by atoms with E-state index in [-0.39, 0.29) is 24.0 Å². The number of rotatable bonds is 6. The zero-order valence-corrected chi connectivity index (χ0v) is 15.9. The Hall–Kier alpha value is -2.41. The molecule has 7 heteroatoms. The molecule has 0 radical (unpaired) electrons. The highest BCUT2D eigenvalue weighted by molar-refractivity contribution is 7.91. The van der Waals surface area contributed by atoms with Gasteiger partial charge in [0, 0.05) is 18.2 Å². The van der Waals surface area contributed by atoms with Crippen molar-refractivity contribution in [3.63, 3.8) is 0 Å². The number of hydrogen-bond donors (Lipinski definition) is 0.